The Bertz CT molecular complexity index is 966. The highest BCUT2D eigenvalue weighted by molar-refractivity contribution is 6.30. The highest BCUT2D eigenvalue weighted by atomic mass is 35.5. The van der Waals surface area contributed by atoms with Crippen LogP contribution in [0.4, 0.5) is 0 Å². The summed E-state index contributed by atoms with van der Waals surface area (Å²) in [5, 5.41) is 11.6. The number of likely N-dealkylation sites (tertiary alicyclic amines) is 1. The summed E-state index contributed by atoms with van der Waals surface area (Å²) >= 11 is 5.98. The van der Waals surface area contributed by atoms with Crippen LogP contribution in [0.3, 0.4) is 0 Å². The average Bonchev–Trinajstić information content (AvgIpc) is 3.22. The lowest BCUT2D eigenvalue weighted by atomic mass is 9.92. The molecule has 1 aliphatic rings. The molecule has 0 aliphatic carbocycles. The van der Waals surface area contributed by atoms with E-state index >= 15 is 0 Å². The van der Waals surface area contributed by atoms with Crippen molar-refractivity contribution in [2.24, 2.45) is 5.92 Å². The molecule has 0 unspecified atom stereocenters. The molecule has 2 heterocycles. The van der Waals surface area contributed by atoms with Gasteiger partial charge in [0.05, 0.1) is 0 Å². The van der Waals surface area contributed by atoms with E-state index in [1.165, 1.54) is 0 Å². The minimum absolute atomic E-state index is 0.109. The predicted octanol–water partition coefficient (Wildman–Crippen LogP) is 4.18. The van der Waals surface area contributed by atoms with Crippen LogP contribution in [0, 0.1) is 5.92 Å². The van der Waals surface area contributed by atoms with Gasteiger partial charge in [-0.25, -0.2) is 4.63 Å². The molecule has 1 amide bonds. The van der Waals surface area contributed by atoms with Gasteiger partial charge in [0, 0.05) is 24.5 Å². The molecular weight excluding hydrogens is 388 g/mol. The largest absolute Gasteiger partial charge is 0.352 e. The lowest BCUT2D eigenvalue weighted by molar-refractivity contribution is -0.121. The Labute approximate surface area is 175 Å². The fraction of sp³-hybridized carbons (Fsp3) is 0.409. The lowest BCUT2D eigenvalue weighted by Crippen LogP contribution is -2.33. The molecule has 0 radical (unpaired) electrons. The smallest absolute Gasteiger partial charge is 0.220 e. The fourth-order valence-corrected chi connectivity index (χ4v) is 4.15. The SMILES string of the molecule is O=C(CCC1CCN(Cc2cccc3nonc23)CC1)NCc1cccc(Cl)c1. The van der Waals surface area contributed by atoms with Crippen molar-refractivity contribution in [2.45, 2.75) is 38.8 Å². The van der Waals surface area contributed by atoms with Crippen molar-refractivity contribution >= 4 is 28.5 Å². The third-order valence-corrected chi connectivity index (χ3v) is 5.86. The Kier molecular flexibility index (Phi) is 6.42. The van der Waals surface area contributed by atoms with Crippen LogP contribution >= 0.6 is 11.6 Å². The quantitative estimate of drug-likeness (QED) is 0.630. The molecule has 2 aromatic carbocycles. The summed E-state index contributed by atoms with van der Waals surface area (Å²) < 4.78 is 4.86. The van der Waals surface area contributed by atoms with Gasteiger partial charge < -0.3 is 5.32 Å². The van der Waals surface area contributed by atoms with Gasteiger partial charge in [0.15, 0.2) is 0 Å². The molecule has 4 rings (SSSR count). The average molecular weight is 413 g/mol. The van der Waals surface area contributed by atoms with Crippen molar-refractivity contribution < 1.29 is 9.42 Å². The summed E-state index contributed by atoms with van der Waals surface area (Å²) in [6.07, 6.45) is 3.76. The second-order valence-electron chi connectivity index (χ2n) is 7.71. The summed E-state index contributed by atoms with van der Waals surface area (Å²) in [4.78, 5) is 14.6. The number of hydrogen-bond acceptors (Lipinski definition) is 5. The standard InChI is InChI=1S/C22H25ClN4O2/c23-19-5-1-3-17(13-19)14-24-21(28)8-7-16-9-11-27(12-10-16)15-18-4-2-6-20-22(18)26-29-25-20/h1-6,13,16H,7-12,14-15H2,(H,24,28). The van der Waals surface area contributed by atoms with Gasteiger partial charge in [-0.05, 0) is 77.9 Å². The number of aromatic nitrogens is 2. The van der Waals surface area contributed by atoms with Crippen LogP contribution in [0.25, 0.3) is 11.0 Å². The van der Waals surface area contributed by atoms with Gasteiger partial charge in [0.25, 0.3) is 0 Å². The molecule has 6 nitrogen and oxygen atoms in total. The summed E-state index contributed by atoms with van der Waals surface area (Å²) in [7, 11) is 0. The maximum absolute atomic E-state index is 12.2. The van der Waals surface area contributed by atoms with Crippen LogP contribution < -0.4 is 5.32 Å². The van der Waals surface area contributed by atoms with E-state index in [1.54, 1.807) is 0 Å². The number of nitrogens with zero attached hydrogens (tertiary/aromatic N) is 3. The van der Waals surface area contributed by atoms with Crippen molar-refractivity contribution in [1.82, 2.24) is 20.5 Å². The van der Waals surface area contributed by atoms with Gasteiger partial charge in [-0.3, -0.25) is 9.69 Å². The van der Waals surface area contributed by atoms with Gasteiger partial charge in [-0.2, -0.15) is 0 Å². The van der Waals surface area contributed by atoms with Crippen molar-refractivity contribution in [2.75, 3.05) is 13.1 Å². The van der Waals surface area contributed by atoms with E-state index in [2.05, 4.69) is 26.6 Å². The fourth-order valence-electron chi connectivity index (χ4n) is 3.93. The number of carbonyl (C=O) groups excluding carboxylic acids is 1. The zero-order chi connectivity index (χ0) is 20.1. The van der Waals surface area contributed by atoms with E-state index in [-0.39, 0.29) is 5.91 Å². The van der Waals surface area contributed by atoms with Gasteiger partial charge in [-0.15, -0.1) is 0 Å². The molecule has 1 aliphatic heterocycles. The Balaban J connectivity index is 1.18. The van der Waals surface area contributed by atoms with E-state index in [9.17, 15) is 4.79 Å². The maximum Gasteiger partial charge on any atom is 0.220 e. The number of benzene rings is 2. The molecule has 1 fully saturated rings. The lowest BCUT2D eigenvalue weighted by Gasteiger charge is -2.31. The van der Waals surface area contributed by atoms with Crippen LogP contribution in [-0.4, -0.2) is 34.2 Å². The molecule has 3 aromatic rings. The topological polar surface area (TPSA) is 71.3 Å². The highest BCUT2D eigenvalue weighted by Crippen LogP contribution is 2.24. The number of rotatable bonds is 7. The number of nitrogens with one attached hydrogen (secondary N) is 1. The van der Waals surface area contributed by atoms with Crippen molar-refractivity contribution in [1.29, 1.82) is 0 Å². The first kappa shape index (κ1) is 19.9. The number of fused-ring (bicyclic) bond motifs is 1. The second-order valence-corrected chi connectivity index (χ2v) is 8.15. The molecular formula is C22H25ClN4O2. The Hall–Kier alpha value is -2.44. The maximum atomic E-state index is 12.2. The monoisotopic (exact) mass is 412 g/mol. The van der Waals surface area contributed by atoms with Crippen LogP contribution in [0.5, 0.6) is 0 Å². The molecule has 1 N–H and O–H groups in total. The van der Waals surface area contributed by atoms with Gasteiger partial charge in [0.1, 0.15) is 11.0 Å². The molecule has 0 bridgehead atoms. The third kappa shape index (κ3) is 5.34. The van der Waals surface area contributed by atoms with Crippen molar-refractivity contribution in [3.8, 4) is 0 Å². The summed E-state index contributed by atoms with van der Waals surface area (Å²) in [5.74, 6) is 0.713. The molecule has 0 spiro atoms. The molecule has 1 saturated heterocycles. The van der Waals surface area contributed by atoms with Crippen LogP contribution in [0.2, 0.25) is 5.02 Å². The number of amides is 1. The molecule has 0 saturated carbocycles. The molecule has 7 heteroatoms. The van der Waals surface area contributed by atoms with E-state index in [4.69, 9.17) is 16.2 Å². The number of piperidine rings is 1. The highest BCUT2D eigenvalue weighted by Gasteiger charge is 2.21. The third-order valence-electron chi connectivity index (χ3n) is 5.63. The van der Waals surface area contributed by atoms with E-state index in [0.29, 0.717) is 23.9 Å². The minimum atomic E-state index is 0.109. The summed E-state index contributed by atoms with van der Waals surface area (Å²) in [6, 6.07) is 13.6. The van der Waals surface area contributed by atoms with Crippen molar-refractivity contribution in [3.05, 3.63) is 58.6 Å². The number of hydrogen-bond donors (Lipinski definition) is 1. The van der Waals surface area contributed by atoms with Gasteiger partial charge >= 0.3 is 0 Å². The second kappa shape index (κ2) is 9.37. The normalized spacial score (nSPS) is 15.6. The van der Waals surface area contributed by atoms with E-state index in [0.717, 1.165) is 61.1 Å². The Morgan fingerprint density at radius 3 is 2.83 bits per heavy atom. The van der Waals surface area contributed by atoms with Crippen LogP contribution in [-0.2, 0) is 17.9 Å². The first-order chi connectivity index (χ1) is 14.2. The predicted molar refractivity (Wildman–Crippen MR) is 112 cm³/mol. The minimum Gasteiger partial charge on any atom is -0.352 e. The van der Waals surface area contributed by atoms with Crippen LogP contribution in [0.1, 0.15) is 36.8 Å². The van der Waals surface area contributed by atoms with Crippen molar-refractivity contribution in [3.63, 3.8) is 0 Å². The molecule has 29 heavy (non-hydrogen) atoms. The summed E-state index contributed by atoms with van der Waals surface area (Å²) in [5.41, 5.74) is 3.84. The first-order valence-electron chi connectivity index (χ1n) is 10.1. The van der Waals surface area contributed by atoms with Crippen LogP contribution in [0.15, 0.2) is 47.1 Å². The molecule has 0 atom stereocenters. The number of carbonyl (C=O) groups is 1. The number of halogens is 1. The molecule has 1 aromatic heterocycles. The zero-order valence-electron chi connectivity index (χ0n) is 16.3. The summed E-state index contributed by atoms with van der Waals surface area (Å²) in [6.45, 7) is 3.46. The first-order valence-corrected chi connectivity index (χ1v) is 10.5. The Morgan fingerprint density at radius 2 is 2.00 bits per heavy atom. The Morgan fingerprint density at radius 1 is 1.17 bits per heavy atom. The zero-order valence-corrected chi connectivity index (χ0v) is 17.1. The molecule has 152 valence electrons. The van der Waals surface area contributed by atoms with E-state index in [1.807, 2.05) is 36.4 Å². The van der Waals surface area contributed by atoms with Gasteiger partial charge in [0.2, 0.25) is 5.91 Å². The van der Waals surface area contributed by atoms with Gasteiger partial charge in [-0.1, -0.05) is 35.9 Å². The van der Waals surface area contributed by atoms with E-state index < -0.39 is 0 Å².